The van der Waals surface area contributed by atoms with Crippen molar-refractivity contribution in [3.63, 3.8) is 0 Å². The summed E-state index contributed by atoms with van der Waals surface area (Å²) in [5, 5.41) is 13.5. The monoisotopic (exact) mass is 542 g/mol. The Morgan fingerprint density at radius 2 is 1.62 bits per heavy atom. The van der Waals surface area contributed by atoms with E-state index in [1.54, 1.807) is 31.0 Å². The highest BCUT2D eigenvalue weighted by Gasteiger charge is 2.26. The normalized spacial score (nSPS) is 12.1. The first-order valence-electron chi connectivity index (χ1n) is 13.0. The van der Waals surface area contributed by atoms with Gasteiger partial charge in [-0.2, -0.15) is 0 Å². The number of hydrogen-bond acceptors (Lipinski definition) is 7. The van der Waals surface area contributed by atoms with Gasteiger partial charge in [-0.1, -0.05) is 31.2 Å². The summed E-state index contributed by atoms with van der Waals surface area (Å²) in [6.07, 6.45) is 0.684. The number of ether oxygens (including phenoxy) is 2. The van der Waals surface area contributed by atoms with E-state index >= 15 is 0 Å². The molecule has 0 aliphatic rings. The van der Waals surface area contributed by atoms with E-state index in [-0.39, 0.29) is 17.4 Å². The van der Waals surface area contributed by atoms with Crippen LogP contribution in [0, 0.1) is 5.82 Å². The third kappa shape index (κ3) is 6.02. The van der Waals surface area contributed by atoms with Crippen LogP contribution in [0.4, 0.5) is 4.39 Å². The molecule has 0 spiro atoms. The van der Waals surface area contributed by atoms with Gasteiger partial charge in [0.25, 0.3) is 5.56 Å². The van der Waals surface area contributed by atoms with Crippen molar-refractivity contribution < 1.29 is 13.9 Å². The molecule has 0 unspecified atom stereocenters. The number of pyridine rings is 1. The molecule has 5 aromatic rings. The molecule has 0 bridgehead atoms. The lowest BCUT2D eigenvalue weighted by Gasteiger charge is -2.30. The first-order chi connectivity index (χ1) is 19.5. The number of nitrogens with one attached hydrogen (secondary N) is 1. The maximum atomic E-state index is 13.7. The maximum absolute atomic E-state index is 13.7. The molecule has 0 saturated carbocycles. The van der Waals surface area contributed by atoms with Gasteiger partial charge in [-0.05, 0) is 76.5 Å². The van der Waals surface area contributed by atoms with Crippen LogP contribution < -0.4 is 15.0 Å². The summed E-state index contributed by atoms with van der Waals surface area (Å²) in [5.41, 5.74) is 3.09. The van der Waals surface area contributed by atoms with Crippen LogP contribution in [0.25, 0.3) is 10.9 Å². The summed E-state index contributed by atoms with van der Waals surface area (Å²) in [7, 11) is 3.24. The van der Waals surface area contributed by atoms with Crippen LogP contribution in [-0.4, -0.2) is 44.3 Å². The molecule has 0 fully saturated rings. The number of aromatic nitrogens is 5. The van der Waals surface area contributed by atoms with Gasteiger partial charge in [-0.15, -0.1) is 5.10 Å². The smallest absolute Gasteiger partial charge is 0.252 e. The fraction of sp³-hybridized carbons (Fsp3) is 0.267. The van der Waals surface area contributed by atoms with Gasteiger partial charge in [0, 0.05) is 29.6 Å². The van der Waals surface area contributed by atoms with Gasteiger partial charge in [-0.3, -0.25) is 9.69 Å². The Hall–Kier alpha value is -4.57. The molecule has 9 nitrogen and oxygen atoms in total. The SMILES string of the molecule is CC[C@H](c1nnnn1Cc1ccc(OC)cc1)N(Cc1ccc(F)cc1)Cc1cc2cc(OC)ccc2[nH]c1=O. The van der Waals surface area contributed by atoms with E-state index < -0.39 is 0 Å². The molecule has 0 saturated heterocycles. The summed E-state index contributed by atoms with van der Waals surface area (Å²) in [6, 6.07) is 21.4. The average Bonchev–Trinajstić information content (AvgIpc) is 3.42. The van der Waals surface area contributed by atoms with Crippen molar-refractivity contribution in [2.75, 3.05) is 14.2 Å². The number of hydrogen-bond donors (Lipinski definition) is 1. The number of H-pyrrole nitrogens is 1. The lowest BCUT2D eigenvalue weighted by molar-refractivity contribution is 0.161. The molecule has 0 radical (unpaired) electrons. The zero-order valence-corrected chi connectivity index (χ0v) is 22.7. The van der Waals surface area contributed by atoms with Crippen molar-refractivity contribution >= 4 is 10.9 Å². The Morgan fingerprint density at radius 3 is 2.33 bits per heavy atom. The molecule has 2 heterocycles. The lowest BCUT2D eigenvalue weighted by Crippen LogP contribution is -2.32. The molecule has 10 heteroatoms. The first-order valence-corrected chi connectivity index (χ1v) is 13.0. The van der Waals surface area contributed by atoms with E-state index in [2.05, 4.69) is 32.3 Å². The second-order valence-electron chi connectivity index (χ2n) is 9.58. The molecule has 206 valence electrons. The van der Waals surface area contributed by atoms with Gasteiger partial charge in [0.1, 0.15) is 17.3 Å². The largest absolute Gasteiger partial charge is 0.497 e. The maximum Gasteiger partial charge on any atom is 0.252 e. The summed E-state index contributed by atoms with van der Waals surface area (Å²) in [6.45, 7) is 3.32. The van der Waals surface area contributed by atoms with Crippen LogP contribution in [-0.2, 0) is 19.6 Å². The molecule has 3 aromatic carbocycles. The molecule has 0 aliphatic heterocycles. The van der Waals surface area contributed by atoms with E-state index in [1.165, 1.54) is 12.1 Å². The molecule has 40 heavy (non-hydrogen) atoms. The minimum Gasteiger partial charge on any atom is -0.497 e. The Labute approximate surface area is 231 Å². The Bertz CT molecular complexity index is 1630. The fourth-order valence-corrected chi connectivity index (χ4v) is 4.86. The number of rotatable bonds is 11. The number of nitrogens with zero attached hydrogens (tertiary/aromatic N) is 5. The summed E-state index contributed by atoms with van der Waals surface area (Å²) in [4.78, 5) is 18.3. The molecular formula is C30H31FN6O3. The van der Waals surface area contributed by atoms with E-state index in [0.717, 1.165) is 27.8 Å². The zero-order valence-electron chi connectivity index (χ0n) is 22.7. The van der Waals surface area contributed by atoms with Gasteiger partial charge in [-0.25, -0.2) is 9.07 Å². The van der Waals surface area contributed by atoms with Gasteiger partial charge < -0.3 is 14.5 Å². The Kier molecular flexibility index (Phi) is 8.16. The Balaban J connectivity index is 1.50. The summed E-state index contributed by atoms with van der Waals surface area (Å²) >= 11 is 0. The highest BCUT2D eigenvalue weighted by Crippen LogP contribution is 2.28. The van der Waals surface area contributed by atoms with Crippen LogP contribution in [0.1, 0.15) is 41.9 Å². The molecule has 2 aromatic heterocycles. The number of aromatic amines is 1. The second-order valence-corrected chi connectivity index (χ2v) is 9.58. The van der Waals surface area contributed by atoms with Gasteiger partial charge in [0.05, 0.1) is 26.8 Å². The van der Waals surface area contributed by atoms with E-state index in [1.807, 2.05) is 48.5 Å². The molecule has 0 amide bonds. The molecule has 5 rings (SSSR count). The van der Waals surface area contributed by atoms with Crippen LogP contribution in [0.5, 0.6) is 11.5 Å². The van der Waals surface area contributed by atoms with E-state index in [9.17, 15) is 9.18 Å². The van der Waals surface area contributed by atoms with Crippen molar-refractivity contribution in [1.82, 2.24) is 30.1 Å². The second kappa shape index (κ2) is 12.1. The summed E-state index contributed by atoms with van der Waals surface area (Å²) < 4.78 is 26.1. The highest BCUT2D eigenvalue weighted by atomic mass is 19.1. The molecule has 1 N–H and O–H groups in total. The number of methoxy groups -OCH3 is 2. The topological polar surface area (TPSA) is 98.2 Å². The molecule has 1 atom stereocenters. The predicted octanol–water partition coefficient (Wildman–Crippen LogP) is 4.87. The number of tetrazole rings is 1. The van der Waals surface area contributed by atoms with Gasteiger partial charge in [0.15, 0.2) is 5.82 Å². The summed E-state index contributed by atoms with van der Waals surface area (Å²) in [5.74, 6) is 1.86. The zero-order chi connectivity index (χ0) is 28.1. The van der Waals surface area contributed by atoms with Crippen molar-refractivity contribution in [2.45, 2.75) is 39.0 Å². The molecular weight excluding hydrogens is 511 g/mol. The predicted molar refractivity (Wildman–Crippen MR) is 150 cm³/mol. The number of halogens is 1. The third-order valence-corrected chi connectivity index (χ3v) is 6.98. The lowest BCUT2D eigenvalue weighted by atomic mass is 10.1. The van der Waals surface area contributed by atoms with Crippen molar-refractivity contribution in [3.05, 3.63) is 111 Å². The van der Waals surface area contributed by atoms with Crippen molar-refractivity contribution in [3.8, 4) is 11.5 Å². The minimum atomic E-state index is -0.300. The quantitative estimate of drug-likeness (QED) is 0.254. The van der Waals surface area contributed by atoms with E-state index in [0.29, 0.717) is 43.2 Å². The van der Waals surface area contributed by atoms with Crippen LogP contribution >= 0.6 is 0 Å². The number of benzene rings is 3. The van der Waals surface area contributed by atoms with Crippen molar-refractivity contribution in [2.24, 2.45) is 0 Å². The third-order valence-electron chi connectivity index (χ3n) is 6.98. The van der Waals surface area contributed by atoms with Crippen molar-refractivity contribution in [1.29, 1.82) is 0 Å². The standard InChI is InChI=1S/C30H31FN6O3/c1-4-28(29-33-34-35-37(29)18-21-7-11-25(39-2)12-8-21)36(17-20-5-9-24(31)10-6-20)19-23-15-22-16-26(40-3)13-14-27(22)32-30(23)38/h5-16,28H,4,17-19H2,1-3H3,(H,32,38)/t28-/m1/s1. The first kappa shape index (κ1) is 27.0. The van der Waals surface area contributed by atoms with Gasteiger partial charge >= 0.3 is 0 Å². The van der Waals surface area contributed by atoms with E-state index in [4.69, 9.17) is 9.47 Å². The van der Waals surface area contributed by atoms with Crippen LogP contribution in [0.3, 0.4) is 0 Å². The highest BCUT2D eigenvalue weighted by molar-refractivity contribution is 5.80. The Morgan fingerprint density at radius 1 is 0.925 bits per heavy atom. The van der Waals surface area contributed by atoms with Crippen LogP contribution in [0.15, 0.2) is 77.6 Å². The number of fused-ring (bicyclic) bond motifs is 1. The molecule has 0 aliphatic carbocycles. The van der Waals surface area contributed by atoms with Gasteiger partial charge in [0.2, 0.25) is 0 Å². The fourth-order valence-electron chi connectivity index (χ4n) is 4.86. The minimum absolute atomic E-state index is 0.172. The average molecular weight is 543 g/mol. The van der Waals surface area contributed by atoms with Crippen LogP contribution in [0.2, 0.25) is 0 Å².